The van der Waals surface area contributed by atoms with E-state index in [1.54, 1.807) is 7.05 Å². The van der Waals surface area contributed by atoms with E-state index < -0.39 is 0 Å². The lowest BCUT2D eigenvalue weighted by atomic mass is 10.3. The summed E-state index contributed by atoms with van der Waals surface area (Å²) < 4.78 is 0. The van der Waals surface area contributed by atoms with E-state index in [1.165, 1.54) is 0 Å². The number of nitrogens with zero attached hydrogens (tertiary/aromatic N) is 2. The summed E-state index contributed by atoms with van der Waals surface area (Å²) in [5.74, 6) is 5.90. The first kappa shape index (κ1) is 13.2. The van der Waals surface area contributed by atoms with Crippen LogP contribution in [0.5, 0.6) is 0 Å². The Morgan fingerprint density at radius 1 is 1.43 bits per heavy atom. The van der Waals surface area contributed by atoms with E-state index in [2.05, 4.69) is 41.4 Å². The fraction of sp³-hybridized carbons (Fsp3) is 0.889. The number of rotatable bonds is 5. The summed E-state index contributed by atoms with van der Waals surface area (Å²) in [7, 11) is 1.70. The first-order valence-corrected chi connectivity index (χ1v) is 5.10. The van der Waals surface area contributed by atoms with Crippen molar-refractivity contribution in [1.29, 1.82) is 0 Å². The zero-order chi connectivity index (χ0) is 11.0. The van der Waals surface area contributed by atoms with Crippen molar-refractivity contribution >= 4 is 5.96 Å². The van der Waals surface area contributed by atoms with E-state index in [0.717, 1.165) is 19.6 Å². The lowest BCUT2D eigenvalue weighted by molar-refractivity contribution is 0.281. The Balaban J connectivity index is 3.89. The summed E-state index contributed by atoms with van der Waals surface area (Å²) in [6, 6.07) is 0.338. The van der Waals surface area contributed by atoms with Crippen molar-refractivity contribution in [3.05, 3.63) is 0 Å². The van der Waals surface area contributed by atoms with Crippen LogP contribution >= 0.6 is 0 Å². The molecule has 4 N–H and O–H groups in total. The number of hydrazine groups is 1. The Morgan fingerprint density at radius 2 is 2.00 bits per heavy atom. The summed E-state index contributed by atoms with van der Waals surface area (Å²) in [5.41, 5.74) is 2.51. The van der Waals surface area contributed by atoms with Crippen molar-refractivity contribution in [2.45, 2.75) is 26.8 Å². The topological polar surface area (TPSA) is 65.7 Å². The molecule has 0 radical (unpaired) electrons. The number of hydrogen-bond acceptors (Lipinski definition) is 3. The fourth-order valence-corrected chi connectivity index (χ4v) is 1.32. The molecule has 0 aromatic heterocycles. The molecule has 0 rings (SSSR count). The first-order valence-electron chi connectivity index (χ1n) is 5.10. The monoisotopic (exact) mass is 201 g/mol. The van der Waals surface area contributed by atoms with E-state index in [0.29, 0.717) is 12.0 Å². The lowest BCUT2D eigenvalue weighted by Gasteiger charge is -2.24. The van der Waals surface area contributed by atoms with Crippen LogP contribution in [-0.2, 0) is 0 Å². The molecule has 1 atom stereocenters. The molecule has 0 saturated heterocycles. The summed E-state index contributed by atoms with van der Waals surface area (Å²) >= 11 is 0. The van der Waals surface area contributed by atoms with Crippen molar-refractivity contribution < 1.29 is 0 Å². The Bertz CT molecular complexity index is 165. The van der Waals surface area contributed by atoms with Crippen molar-refractivity contribution in [3.63, 3.8) is 0 Å². The van der Waals surface area contributed by atoms with Crippen molar-refractivity contribution in [1.82, 2.24) is 15.6 Å². The first-order chi connectivity index (χ1) is 6.67. The van der Waals surface area contributed by atoms with Gasteiger partial charge in [0.15, 0.2) is 0 Å². The Morgan fingerprint density at radius 3 is 2.36 bits per heavy atom. The van der Waals surface area contributed by atoms with Gasteiger partial charge < -0.3 is 10.2 Å². The highest BCUT2D eigenvalue weighted by molar-refractivity contribution is 5.79. The van der Waals surface area contributed by atoms with Crippen LogP contribution in [0.1, 0.15) is 20.8 Å². The van der Waals surface area contributed by atoms with Gasteiger partial charge in [-0.05, 0) is 20.0 Å². The third-order valence-corrected chi connectivity index (χ3v) is 2.17. The fourth-order valence-electron chi connectivity index (χ4n) is 1.32. The van der Waals surface area contributed by atoms with Gasteiger partial charge in [0.1, 0.15) is 0 Å². The van der Waals surface area contributed by atoms with Crippen LogP contribution < -0.4 is 16.6 Å². The second-order valence-corrected chi connectivity index (χ2v) is 3.25. The molecular weight excluding hydrogens is 178 g/mol. The van der Waals surface area contributed by atoms with Crippen LogP contribution in [0, 0.1) is 0 Å². The Labute approximate surface area is 86.7 Å². The van der Waals surface area contributed by atoms with Crippen molar-refractivity contribution in [2.75, 3.05) is 26.7 Å². The van der Waals surface area contributed by atoms with Crippen LogP contribution in [0.3, 0.4) is 0 Å². The lowest BCUT2D eigenvalue weighted by Crippen LogP contribution is -2.49. The largest absolute Gasteiger partial charge is 0.352 e. The van der Waals surface area contributed by atoms with Gasteiger partial charge in [-0.2, -0.15) is 0 Å². The maximum absolute atomic E-state index is 5.27. The van der Waals surface area contributed by atoms with E-state index in [-0.39, 0.29) is 0 Å². The number of likely N-dealkylation sites (N-methyl/N-ethyl adjacent to an activating group) is 1. The van der Waals surface area contributed by atoms with Gasteiger partial charge in [-0.25, -0.2) is 5.84 Å². The molecule has 5 heteroatoms. The highest BCUT2D eigenvalue weighted by Crippen LogP contribution is 1.91. The molecule has 0 aliphatic heterocycles. The predicted molar refractivity (Wildman–Crippen MR) is 61.1 cm³/mol. The molecule has 0 aromatic rings. The average molecular weight is 201 g/mol. The quantitative estimate of drug-likeness (QED) is 0.248. The van der Waals surface area contributed by atoms with Crippen molar-refractivity contribution in [3.8, 4) is 0 Å². The molecular formula is C9H23N5. The molecule has 1 unspecified atom stereocenters. The van der Waals surface area contributed by atoms with Crippen LogP contribution in [0.15, 0.2) is 4.99 Å². The average Bonchev–Trinajstić information content (AvgIpc) is 2.22. The van der Waals surface area contributed by atoms with Gasteiger partial charge in [0, 0.05) is 19.6 Å². The van der Waals surface area contributed by atoms with Gasteiger partial charge in [-0.1, -0.05) is 13.8 Å². The van der Waals surface area contributed by atoms with Crippen molar-refractivity contribution in [2.24, 2.45) is 10.8 Å². The van der Waals surface area contributed by atoms with Gasteiger partial charge in [0.25, 0.3) is 0 Å². The highest BCUT2D eigenvalue weighted by atomic mass is 15.3. The molecule has 0 aromatic carbocycles. The molecule has 14 heavy (non-hydrogen) atoms. The molecule has 0 aliphatic carbocycles. The van der Waals surface area contributed by atoms with E-state index in [9.17, 15) is 0 Å². The second kappa shape index (κ2) is 7.58. The van der Waals surface area contributed by atoms with Gasteiger partial charge in [0.2, 0.25) is 5.96 Å². The standard InChI is InChI=1S/C9H23N5/c1-5-14(6-2)7-8(3)12-9(11-4)13-10/h8H,5-7,10H2,1-4H3,(H2,11,12,13). The molecule has 0 amide bonds. The summed E-state index contributed by atoms with van der Waals surface area (Å²) in [4.78, 5) is 6.31. The summed E-state index contributed by atoms with van der Waals surface area (Å²) in [6.07, 6.45) is 0. The molecule has 0 saturated carbocycles. The maximum atomic E-state index is 5.27. The normalized spacial score (nSPS) is 14.3. The van der Waals surface area contributed by atoms with E-state index in [4.69, 9.17) is 5.84 Å². The minimum atomic E-state index is 0.338. The molecule has 5 nitrogen and oxygen atoms in total. The van der Waals surface area contributed by atoms with Crippen LogP contribution in [0.25, 0.3) is 0 Å². The minimum Gasteiger partial charge on any atom is -0.352 e. The second-order valence-electron chi connectivity index (χ2n) is 3.25. The zero-order valence-corrected chi connectivity index (χ0v) is 9.67. The van der Waals surface area contributed by atoms with Gasteiger partial charge in [-0.3, -0.25) is 10.4 Å². The predicted octanol–water partition coefficient (Wildman–Crippen LogP) is -0.245. The number of nitrogens with two attached hydrogens (primary N) is 1. The molecule has 0 heterocycles. The molecule has 0 spiro atoms. The third kappa shape index (κ3) is 5.04. The van der Waals surface area contributed by atoms with Gasteiger partial charge in [0.05, 0.1) is 0 Å². The molecule has 84 valence electrons. The molecule has 0 aliphatic rings. The van der Waals surface area contributed by atoms with Gasteiger partial charge >= 0.3 is 0 Å². The molecule has 0 fully saturated rings. The minimum absolute atomic E-state index is 0.338. The molecule has 0 bridgehead atoms. The maximum Gasteiger partial charge on any atom is 0.205 e. The van der Waals surface area contributed by atoms with Crippen LogP contribution in [0.4, 0.5) is 0 Å². The Hall–Kier alpha value is -0.810. The van der Waals surface area contributed by atoms with Crippen LogP contribution in [-0.4, -0.2) is 43.6 Å². The van der Waals surface area contributed by atoms with Gasteiger partial charge in [-0.15, -0.1) is 0 Å². The number of hydrogen-bond donors (Lipinski definition) is 3. The SMILES string of the molecule is CCN(CC)CC(C)NC(=NC)NN. The summed E-state index contributed by atoms with van der Waals surface area (Å²) in [6.45, 7) is 9.56. The number of aliphatic imine (C=N–C) groups is 1. The number of nitrogens with one attached hydrogen (secondary N) is 2. The third-order valence-electron chi connectivity index (χ3n) is 2.17. The number of guanidine groups is 1. The van der Waals surface area contributed by atoms with E-state index in [1.807, 2.05) is 0 Å². The summed E-state index contributed by atoms with van der Waals surface area (Å²) in [5, 5.41) is 3.19. The van der Waals surface area contributed by atoms with Crippen LogP contribution in [0.2, 0.25) is 0 Å². The Kier molecular flexibility index (Phi) is 7.14. The zero-order valence-electron chi connectivity index (χ0n) is 9.67. The van der Waals surface area contributed by atoms with E-state index >= 15 is 0 Å². The highest BCUT2D eigenvalue weighted by Gasteiger charge is 2.07. The smallest absolute Gasteiger partial charge is 0.205 e.